The highest BCUT2D eigenvalue weighted by atomic mass is 16.5. The molecule has 2 heterocycles. The summed E-state index contributed by atoms with van der Waals surface area (Å²) < 4.78 is 6.82. The first kappa shape index (κ1) is 15.5. The van der Waals surface area contributed by atoms with Gasteiger partial charge in [0.25, 0.3) is 0 Å². The maximum atomic E-state index is 12.1. The van der Waals surface area contributed by atoms with Crippen molar-refractivity contribution in [3.8, 4) is 5.88 Å². The van der Waals surface area contributed by atoms with Crippen molar-refractivity contribution in [1.29, 1.82) is 0 Å². The molecule has 2 aromatic heterocycles. The van der Waals surface area contributed by atoms with Crippen LogP contribution in [0.2, 0.25) is 0 Å². The first-order valence-corrected chi connectivity index (χ1v) is 7.15. The molecule has 24 heavy (non-hydrogen) atoms. The topological polar surface area (TPSA) is 97.6 Å². The molecule has 0 unspecified atom stereocenters. The van der Waals surface area contributed by atoms with Gasteiger partial charge in [-0.3, -0.25) is 10.1 Å². The Morgan fingerprint density at radius 1 is 1.04 bits per heavy atom. The van der Waals surface area contributed by atoms with Gasteiger partial charge in [-0.05, 0) is 43.3 Å². The van der Waals surface area contributed by atoms with Crippen molar-refractivity contribution in [1.82, 2.24) is 14.6 Å². The van der Waals surface area contributed by atoms with E-state index in [4.69, 9.17) is 4.74 Å². The zero-order valence-corrected chi connectivity index (χ0v) is 13.1. The maximum Gasteiger partial charge on any atom is 0.326 e. The summed E-state index contributed by atoms with van der Waals surface area (Å²) in [6, 6.07) is 11.4. The third-order valence-electron chi connectivity index (χ3n) is 3.38. The first-order chi connectivity index (χ1) is 11.6. The van der Waals surface area contributed by atoms with E-state index in [9.17, 15) is 9.59 Å². The van der Waals surface area contributed by atoms with Gasteiger partial charge in [0.15, 0.2) is 11.4 Å². The number of Topliss-reactive ketones (excluding diaryl/α,β-unsaturated/α-hetero) is 1. The van der Waals surface area contributed by atoms with Gasteiger partial charge in [0.2, 0.25) is 11.8 Å². The van der Waals surface area contributed by atoms with Gasteiger partial charge >= 0.3 is 6.03 Å². The lowest BCUT2D eigenvalue weighted by atomic mass is 10.1. The minimum atomic E-state index is -0.481. The second-order valence-corrected chi connectivity index (χ2v) is 5.00. The number of methoxy groups -OCH3 is 1. The average molecular weight is 325 g/mol. The number of carbonyl (C=O) groups excluding carboxylic acids is 2. The fourth-order valence-electron chi connectivity index (χ4n) is 2.21. The molecule has 0 bridgehead atoms. The number of hydrogen-bond acceptors (Lipinski definition) is 5. The van der Waals surface area contributed by atoms with Crippen molar-refractivity contribution in [3.05, 3.63) is 48.0 Å². The standard InChI is InChI=1S/C16H15N5O3/c1-10(22)11-6-8-12(9-7-11)17-16(23)18-15-20-19-13-4-3-5-14(24-2)21(13)15/h3-9H,1-2H3,(H2,17,18,20,23). The van der Waals surface area contributed by atoms with Gasteiger partial charge in [0.05, 0.1) is 7.11 Å². The molecule has 0 radical (unpaired) electrons. The second kappa shape index (κ2) is 6.37. The zero-order valence-electron chi connectivity index (χ0n) is 13.1. The highest BCUT2D eigenvalue weighted by Crippen LogP contribution is 2.18. The summed E-state index contributed by atoms with van der Waals surface area (Å²) in [6.45, 7) is 1.49. The third-order valence-corrected chi connectivity index (χ3v) is 3.38. The molecule has 0 atom stereocenters. The van der Waals surface area contributed by atoms with E-state index < -0.39 is 6.03 Å². The summed E-state index contributed by atoms with van der Waals surface area (Å²) in [5.74, 6) is 0.701. The summed E-state index contributed by atoms with van der Waals surface area (Å²) in [6.07, 6.45) is 0. The van der Waals surface area contributed by atoms with Gasteiger partial charge in [-0.2, -0.15) is 0 Å². The molecule has 2 amide bonds. The van der Waals surface area contributed by atoms with Crippen LogP contribution in [0.15, 0.2) is 42.5 Å². The van der Waals surface area contributed by atoms with Gasteiger partial charge < -0.3 is 10.1 Å². The van der Waals surface area contributed by atoms with Crippen molar-refractivity contribution < 1.29 is 14.3 Å². The molecular formula is C16H15N5O3. The summed E-state index contributed by atoms with van der Waals surface area (Å²) in [5.41, 5.74) is 1.68. The van der Waals surface area contributed by atoms with E-state index >= 15 is 0 Å². The Balaban J connectivity index is 1.76. The van der Waals surface area contributed by atoms with Gasteiger partial charge in [-0.25, -0.2) is 9.20 Å². The largest absolute Gasteiger partial charge is 0.482 e. The average Bonchev–Trinajstić information content (AvgIpc) is 2.98. The van der Waals surface area contributed by atoms with Gasteiger partial charge in [0.1, 0.15) is 0 Å². The minimum Gasteiger partial charge on any atom is -0.482 e. The van der Waals surface area contributed by atoms with Crippen LogP contribution in [-0.2, 0) is 0 Å². The smallest absolute Gasteiger partial charge is 0.326 e. The molecule has 0 saturated carbocycles. The van der Waals surface area contributed by atoms with Crippen LogP contribution in [0.4, 0.5) is 16.4 Å². The van der Waals surface area contributed by atoms with Crippen LogP contribution >= 0.6 is 0 Å². The number of pyridine rings is 1. The fourth-order valence-corrected chi connectivity index (χ4v) is 2.21. The Labute approximate surface area is 137 Å². The van der Waals surface area contributed by atoms with E-state index in [1.165, 1.54) is 14.0 Å². The Hall–Kier alpha value is -3.42. The molecule has 0 aliphatic carbocycles. The molecule has 0 saturated heterocycles. The van der Waals surface area contributed by atoms with Crippen molar-refractivity contribution >= 4 is 29.1 Å². The molecule has 3 aromatic rings. The Morgan fingerprint density at radius 2 is 1.79 bits per heavy atom. The number of nitrogens with zero attached hydrogens (tertiary/aromatic N) is 3. The minimum absolute atomic E-state index is 0.0342. The number of fused-ring (bicyclic) bond motifs is 1. The van der Waals surface area contributed by atoms with Crippen LogP contribution in [-0.4, -0.2) is 33.5 Å². The lowest BCUT2D eigenvalue weighted by Crippen LogP contribution is -2.21. The number of urea groups is 1. The quantitative estimate of drug-likeness (QED) is 0.719. The summed E-state index contributed by atoms with van der Waals surface area (Å²) in [5, 5.41) is 13.2. The Kier molecular flexibility index (Phi) is 4.11. The Morgan fingerprint density at radius 3 is 2.46 bits per heavy atom. The zero-order chi connectivity index (χ0) is 17.1. The number of rotatable bonds is 4. The van der Waals surface area contributed by atoms with E-state index in [-0.39, 0.29) is 11.7 Å². The lowest BCUT2D eigenvalue weighted by molar-refractivity contribution is 0.101. The fraction of sp³-hybridized carbons (Fsp3) is 0.125. The van der Waals surface area contributed by atoms with Crippen LogP contribution < -0.4 is 15.4 Å². The summed E-state index contributed by atoms with van der Waals surface area (Å²) in [7, 11) is 1.52. The number of benzene rings is 1. The normalized spacial score (nSPS) is 10.4. The SMILES string of the molecule is COc1cccc2nnc(NC(=O)Nc3ccc(C(C)=O)cc3)n12. The molecule has 2 N–H and O–H groups in total. The van der Waals surface area contributed by atoms with Gasteiger partial charge in [-0.1, -0.05) is 6.07 Å². The van der Waals surface area contributed by atoms with E-state index in [0.29, 0.717) is 22.8 Å². The number of aromatic nitrogens is 3. The summed E-state index contributed by atoms with van der Waals surface area (Å²) >= 11 is 0. The number of hydrogen-bond donors (Lipinski definition) is 2. The molecule has 0 fully saturated rings. The van der Waals surface area contributed by atoms with E-state index in [1.807, 2.05) is 0 Å². The third kappa shape index (κ3) is 3.02. The van der Waals surface area contributed by atoms with Crippen LogP contribution in [0.1, 0.15) is 17.3 Å². The second-order valence-electron chi connectivity index (χ2n) is 5.00. The van der Waals surface area contributed by atoms with Crippen molar-refractivity contribution in [2.45, 2.75) is 6.92 Å². The van der Waals surface area contributed by atoms with E-state index in [2.05, 4.69) is 20.8 Å². The monoisotopic (exact) mass is 325 g/mol. The van der Waals surface area contributed by atoms with Crippen molar-refractivity contribution in [3.63, 3.8) is 0 Å². The molecule has 8 heteroatoms. The van der Waals surface area contributed by atoms with Gasteiger partial charge in [0, 0.05) is 11.3 Å². The number of nitrogens with one attached hydrogen (secondary N) is 2. The lowest BCUT2D eigenvalue weighted by Gasteiger charge is -2.08. The summed E-state index contributed by atoms with van der Waals surface area (Å²) in [4.78, 5) is 23.4. The molecular weight excluding hydrogens is 310 g/mol. The number of anilines is 2. The number of ketones is 1. The Bertz CT molecular complexity index is 902. The number of carbonyl (C=O) groups is 2. The van der Waals surface area contributed by atoms with Crippen molar-refractivity contribution in [2.75, 3.05) is 17.7 Å². The molecule has 0 spiro atoms. The molecule has 0 aliphatic heterocycles. The van der Waals surface area contributed by atoms with Crippen molar-refractivity contribution in [2.24, 2.45) is 0 Å². The number of ether oxygens (including phenoxy) is 1. The molecule has 0 aliphatic rings. The first-order valence-electron chi connectivity index (χ1n) is 7.15. The molecule has 8 nitrogen and oxygen atoms in total. The molecule has 122 valence electrons. The molecule has 1 aromatic carbocycles. The van der Waals surface area contributed by atoms with Crippen LogP contribution in [0, 0.1) is 0 Å². The van der Waals surface area contributed by atoms with Gasteiger partial charge in [-0.15, -0.1) is 10.2 Å². The van der Waals surface area contributed by atoms with Crippen LogP contribution in [0.25, 0.3) is 5.65 Å². The predicted octanol–water partition coefficient (Wildman–Crippen LogP) is 2.58. The maximum absolute atomic E-state index is 12.1. The van der Waals surface area contributed by atoms with E-state index in [1.54, 1.807) is 46.9 Å². The highest BCUT2D eigenvalue weighted by Gasteiger charge is 2.12. The van der Waals surface area contributed by atoms with Crippen LogP contribution in [0.3, 0.4) is 0 Å². The van der Waals surface area contributed by atoms with Crippen LogP contribution in [0.5, 0.6) is 5.88 Å². The van der Waals surface area contributed by atoms with E-state index in [0.717, 1.165) is 0 Å². The number of amides is 2. The molecule has 3 rings (SSSR count). The highest BCUT2D eigenvalue weighted by molar-refractivity contribution is 5.99. The predicted molar refractivity (Wildman–Crippen MR) is 88.6 cm³/mol.